The molecule has 6 heteroatoms. The molecule has 0 saturated carbocycles. The number of aromatic nitrogens is 1. The lowest BCUT2D eigenvalue weighted by molar-refractivity contribution is -0.116. The fraction of sp³-hybridized carbons (Fsp3) is 0.111. The van der Waals surface area contributed by atoms with Crippen LogP contribution in [0.1, 0.15) is 17.6 Å². The maximum Gasteiger partial charge on any atom is 0.231 e. The SMILES string of the molecule is O=C(CCC(=O)n1ccc2ccccc21)Nc1ccc(Cl)cc1Cl. The van der Waals surface area contributed by atoms with Crippen LogP contribution in [0.5, 0.6) is 0 Å². The molecule has 3 aromatic rings. The van der Waals surface area contributed by atoms with Crippen LogP contribution in [0.15, 0.2) is 54.7 Å². The van der Waals surface area contributed by atoms with Gasteiger partial charge in [0.15, 0.2) is 0 Å². The summed E-state index contributed by atoms with van der Waals surface area (Å²) in [5.74, 6) is -0.405. The molecule has 0 aliphatic heterocycles. The molecule has 0 saturated heterocycles. The zero-order valence-electron chi connectivity index (χ0n) is 12.6. The maximum atomic E-state index is 12.3. The molecule has 122 valence electrons. The van der Waals surface area contributed by atoms with E-state index in [1.54, 1.807) is 29.0 Å². The molecular formula is C18H14Cl2N2O2. The third-order valence-electron chi connectivity index (χ3n) is 3.64. The van der Waals surface area contributed by atoms with Crippen molar-refractivity contribution in [1.29, 1.82) is 0 Å². The van der Waals surface area contributed by atoms with Crippen molar-refractivity contribution >= 4 is 51.6 Å². The van der Waals surface area contributed by atoms with Gasteiger partial charge in [-0.15, -0.1) is 0 Å². The summed E-state index contributed by atoms with van der Waals surface area (Å²) in [5, 5.41) is 4.53. The van der Waals surface area contributed by atoms with Gasteiger partial charge >= 0.3 is 0 Å². The topological polar surface area (TPSA) is 51.1 Å². The van der Waals surface area contributed by atoms with E-state index >= 15 is 0 Å². The summed E-state index contributed by atoms with van der Waals surface area (Å²) in [6.45, 7) is 0. The molecule has 1 heterocycles. The van der Waals surface area contributed by atoms with Crippen molar-refractivity contribution in [2.75, 3.05) is 5.32 Å². The van der Waals surface area contributed by atoms with E-state index < -0.39 is 0 Å². The highest BCUT2D eigenvalue weighted by atomic mass is 35.5. The number of fused-ring (bicyclic) bond motifs is 1. The molecule has 0 spiro atoms. The van der Waals surface area contributed by atoms with Gasteiger partial charge in [0.1, 0.15) is 0 Å². The number of benzene rings is 2. The smallest absolute Gasteiger partial charge is 0.231 e. The Morgan fingerprint density at radius 2 is 1.79 bits per heavy atom. The molecule has 3 rings (SSSR count). The highest BCUT2D eigenvalue weighted by molar-refractivity contribution is 6.36. The van der Waals surface area contributed by atoms with Crippen LogP contribution < -0.4 is 5.32 Å². The summed E-state index contributed by atoms with van der Waals surface area (Å²) >= 11 is 11.8. The van der Waals surface area contributed by atoms with E-state index in [0.29, 0.717) is 15.7 Å². The Bertz CT molecular complexity index is 918. The number of para-hydroxylation sites is 1. The molecule has 0 radical (unpaired) electrons. The number of hydrogen-bond acceptors (Lipinski definition) is 2. The molecule has 2 aromatic carbocycles. The number of halogens is 2. The van der Waals surface area contributed by atoms with Gasteiger partial charge in [-0.3, -0.25) is 14.2 Å². The fourth-order valence-electron chi connectivity index (χ4n) is 2.44. The van der Waals surface area contributed by atoms with Crippen molar-refractivity contribution in [3.05, 3.63) is 64.8 Å². The van der Waals surface area contributed by atoms with E-state index in [4.69, 9.17) is 23.2 Å². The minimum atomic E-state index is -0.274. The minimum absolute atomic E-state index is 0.0737. The first-order valence-electron chi connectivity index (χ1n) is 7.39. The first kappa shape index (κ1) is 16.6. The number of amides is 1. The predicted molar refractivity (Wildman–Crippen MR) is 96.9 cm³/mol. The van der Waals surface area contributed by atoms with Gasteiger partial charge in [-0.05, 0) is 30.3 Å². The molecule has 0 aliphatic carbocycles. The Hall–Kier alpha value is -2.30. The van der Waals surface area contributed by atoms with E-state index in [1.807, 2.05) is 30.3 Å². The van der Waals surface area contributed by atoms with Crippen molar-refractivity contribution in [1.82, 2.24) is 4.57 Å². The van der Waals surface area contributed by atoms with Gasteiger partial charge in [0, 0.05) is 29.4 Å². The summed E-state index contributed by atoms with van der Waals surface area (Å²) in [7, 11) is 0. The number of nitrogens with one attached hydrogen (secondary N) is 1. The second kappa shape index (κ2) is 7.07. The van der Waals surface area contributed by atoms with Gasteiger partial charge in [-0.25, -0.2) is 0 Å². The molecule has 4 nitrogen and oxygen atoms in total. The zero-order chi connectivity index (χ0) is 17.1. The van der Waals surface area contributed by atoms with Crippen LogP contribution in [-0.2, 0) is 4.79 Å². The summed E-state index contributed by atoms with van der Waals surface area (Å²) in [6.07, 6.45) is 1.90. The summed E-state index contributed by atoms with van der Waals surface area (Å²) in [5.41, 5.74) is 1.31. The third kappa shape index (κ3) is 3.61. The largest absolute Gasteiger partial charge is 0.325 e. The average Bonchev–Trinajstić information content (AvgIpc) is 2.99. The molecule has 0 aliphatic rings. The molecule has 0 fully saturated rings. The van der Waals surface area contributed by atoms with Crippen LogP contribution in [0, 0.1) is 0 Å². The Labute approximate surface area is 149 Å². The van der Waals surface area contributed by atoms with Crippen LogP contribution in [0.2, 0.25) is 10.0 Å². The highest BCUT2D eigenvalue weighted by Gasteiger charge is 2.12. The Morgan fingerprint density at radius 1 is 1.00 bits per heavy atom. The quantitative estimate of drug-likeness (QED) is 0.710. The lowest BCUT2D eigenvalue weighted by atomic mass is 10.2. The lowest BCUT2D eigenvalue weighted by Crippen LogP contribution is -2.16. The molecule has 24 heavy (non-hydrogen) atoms. The third-order valence-corrected chi connectivity index (χ3v) is 4.19. The second-order valence-electron chi connectivity index (χ2n) is 5.31. The van der Waals surface area contributed by atoms with E-state index in [9.17, 15) is 9.59 Å². The van der Waals surface area contributed by atoms with E-state index in [1.165, 1.54) is 0 Å². The number of anilines is 1. The zero-order valence-corrected chi connectivity index (χ0v) is 14.1. The van der Waals surface area contributed by atoms with E-state index in [0.717, 1.165) is 10.9 Å². The Morgan fingerprint density at radius 3 is 2.58 bits per heavy atom. The summed E-state index contributed by atoms with van der Waals surface area (Å²) in [6, 6.07) is 14.3. The van der Waals surface area contributed by atoms with Gasteiger partial charge in [-0.2, -0.15) is 0 Å². The number of rotatable bonds is 4. The van der Waals surface area contributed by atoms with Crippen molar-refractivity contribution in [3.63, 3.8) is 0 Å². The van der Waals surface area contributed by atoms with E-state index in [2.05, 4.69) is 5.32 Å². The number of hydrogen-bond donors (Lipinski definition) is 1. The van der Waals surface area contributed by atoms with Gasteiger partial charge in [0.25, 0.3) is 0 Å². The molecule has 1 aromatic heterocycles. The Kier molecular flexibility index (Phi) is 4.88. The first-order valence-corrected chi connectivity index (χ1v) is 8.14. The monoisotopic (exact) mass is 360 g/mol. The van der Waals surface area contributed by atoms with Crippen LogP contribution >= 0.6 is 23.2 Å². The molecule has 0 bridgehead atoms. The molecule has 0 atom stereocenters. The molecule has 1 amide bonds. The first-order chi connectivity index (χ1) is 11.5. The Balaban J connectivity index is 1.62. The van der Waals surface area contributed by atoms with Crippen molar-refractivity contribution in [3.8, 4) is 0 Å². The summed E-state index contributed by atoms with van der Waals surface area (Å²) < 4.78 is 1.57. The highest BCUT2D eigenvalue weighted by Crippen LogP contribution is 2.25. The molecule has 1 N–H and O–H groups in total. The van der Waals surface area contributed by atoms with E-state index in [-0.39, 0.29) is 24.7 Å². The molecular weight excluding hydrogens is 347 g/mol. The van der Waals surface area contributed by atoms with Crippen molar-refractivity contribution in [2.24, 2.45) is 0 Å². The summed E-state index contributed by atoms with van der Waals surface area (Å²) in [4.78, 5) is 24.4. The lowest BCUT2D eigenvalue weighted by Gasteiger charge is -2.08. The standard InChI is InChI=1S/C18H14Cl2N2O2/c19-13-5-6-15(14(20)11-13)21-17(23)7-8-18(24)22-10-9-12-3-1-2-4-16(12)22/h1-6,9-11H,7-8H2,(H,21,23). The maximum absolute atomic E-state index is 12.3. The van der Waals surface area contributed by atoms with Gasteiger partial charge < -0.3 is 5.32 Å². The predicted octanol–water partition coefficient (Wildman–Crippen LogP) is 5.01. The van der Waals surface area contributed by atoms with Crippen LogP contribution in [0.25, 0.3) is 10.9 Å². The van der Waals surface area contributed by atoms with Crippen LogP contribution in [-0.4, -0.2) is 16.4 Å². The van der Waals surface area contributed by atoms with Crippen LogP contribution in [0.4, 0.5) is 5.69 Å². The normalized spacial score (nSPS) is 10.8. The minimum Gasteiger partial charge on any atom is -0.325 e. The van der Waals surface area contributed by atoms with Crippen molar-refractivity contribution < 1.29 is 9.59 Å². The number of carbonyl (C=O) groups is 2. The molecule has 0 unspecified atom stereocenters. The second-order valence-corrected chi connectivity index (χ2v) is 6.15. The van der Waals surface area contributed by atoms with Gasteiger partial charge in [0.2, 0.25) is 11.8 Å². The fourth-order valence-corrected chi connectivity index (χ4v) is 2.90. The number of carbonyl (C=O) groups excluding carboxylic acids is 2. The number of nitrogens with zero attached hydrogens (tertiary/aromatic N) is 1. The van der Waals surface area contributed by atoms with Crippen molar-refractivity contribution in [2.45, 2.75) is 12.8 Å². The van der Waals surface area contributed by atoms with Gasteiger partial charge in [0.05, 0.1) is 16.2 Å². The van der Waals surface area contributed by atoms with Crippen LogP contribution in [0.3, 0.4) is 0 Å². The van der Waals surface area contributed by atoms with Gasteiger partial charge in [-0.1, -0.05) is 41.4 Å². The average molecular weight is 361 g/mol.